The van der Waals surface area contributed by atoms with Crippen LogP contribution in [0.5, 0.6) is 5.75 Å². The van der Waals surface area contributed by atoms with Crippen molar-refractivity contribution in [2.24, 2.45) is 0 Å². The van der Waals surface area contributed by atoms with Crippen LogP contribution in [0.2, 0.25) is 0 Å². The number of ether oxygens (including phenoxy) is 1. The number of fused-ring (bicyclic) bond motifs is 1. The lowest BCUT2D eigenvalue weighted by molar-refractivity contribution is 0.237. The fraction of sp³-hybridized carbons (Fsp3) is 0.333. The monoisotopic (exact) mass is 384 g/mol. The normalized spacial score (nSPS) is 19.3. The van der Waals surface area contributed by atoms with Gasteiger partial charge >= 0.3 is 0 Å². The Morgan fingerprint density at radius 3 is 2.44 bits per heavy atom. The van der Waals surface area contributed by atoms with E-state index in [4.69, 9.17) is 4.74 Å². The molecule has 0 aromatic heterocycles. The second-order valence-electron chi connectivity index (χ2n) is 5.74. The Morgan fingerprint density at radius 1 is 1.04 bits per heavy atom. The maximum absolute atomic E-state index is 11.0. The third kappa shape index (κ3) is 4.22. The third-order valence-electron chi connectivity index (χ3n) is 3.94. The van der Waals surface area contributed by atoms with E-state index in [-0.39, 0.29) is 12.4 Å². The fourth-order valence-corrected chi connectivity index (χ4v) is 4.56. The average molecular weight is 385 g/mol. The largest absolute Gasteiger partial charge is 0.466 e. The first-order valence-electron chi connectivity index (χ1n) is 8.23. The van der Waals surface area contributed by atoms with Crippen molar-refractivity contribution in [2.75, 3.05) is 17.4 Å². The van der Waals surface area contributed by atoms with Crippen LogP contribution in [0.3, 0.4) is 0 Å². The smallest absolute Gasteiger partial charge is 0.207 e. The SMILES string of the molecule is CCCNCCC1Oc2ccccc2N(c2ccccc2)S1(O)O.Cl. The number of halogens is 1. The highest BCUT2D eigenvalue weighted by Crippen LogP contribution is 2.61. The highest BCUT2D eigenvalue weighted by atomic mass is 35.5. The Balaban J connectivity index is 0.00000225. The van der Waals surface area contributed by atoms with Crippen molar-refractivity contribution in [3.8, 4) is 5.75 Å². The van der Waals surface area contributed by atoms with E-state index in [1.165, 1.54) is 0 Å². The van der Waals surface area contributed by atoms with Crippen molar-refractivity contribution < 1.29 is 13.8 Å². The van der Waals surface area contributed by atoms with Gasteiger partial charge in [-0.1, -0.05) is 48.0 Å². The Hall–Kier alpha value is -1.44. The van der Waals surface area contributed by atoms with E-state index in [1.54, 1.807) is 4.31 Å². The summed E-state index contributed by atoms with van der Waals surface area (Å²) in [6, 6.07) is 16.9. The molecule has 0 fully saturated rings. The van der Waals surface area contributed by atoms with Crippen molar-refractivity contribution in [3.05, 3.63) is 54.6 Å². The van der Waals surface area contributed by atoms with E-state index in [0.29, 0.717) is 24.4 Å². The summed E-state index contributed by atoms with van der Waals surface area (Å²) in [5, 5.41) is 3.29. The molecule has 25 heavy (non-hydrogen) atoms. The van der Waals surface area contributed by atoms with Gasteiger partial charge in [-0.3, -0.25) is 9.11 Å². The molecule has 5 nitrogen and oxygen atoms in total. The van der Waals surface area contributed by atoms with Crippen LogP contribution in [0, 0.1) is 0 Å². The molecule has 3 rings (SSSR count). The molecule has 2 aromatic carbocycles. The van der Waals surface area contributed by atoms with E-state index in [9.17, 15) is 9.11 Å². The minimum atomic E-state index is -3.15. The minimum Gasteiger partial charge on any atom is -0.466 e. The van der Waals surface area contributed by atoms with Crippen molar-refractivity contribution in [1.82, 2.24) is 5.32 Å². The Labute approximate surface area is 156 Å². The summed E-state index contributed by atoms with van der Waals surface area (Å²) in [5.41, 5.74) is 0.762. The van der Waals surface area contributed by atoms with Crippen LogP contribution in [0.25, 0.3) is 0 Å². The van der Waals surface area contributed by atoms with E-state index in [1.807, 2.05) is 54.6 Å². The number of anilines is 2. The van der Waals surface area contributed by atoms with E-state index < -0.39 is 16.2 Å². The molecule has 1 unspecified atom stereocenters. The zero-order valence-corrected chi connectivity index (χ0v) is 15.8. The number of nitrogens with one attached hydrogen (secondary N) is 1. The Bertz CT molecular complexity index is 672. The first-order chi connectivity index (χ1) is 11.6. The summed E-state index contributed by atoms with van der Waals surface area (Å²) in [6.45, 7) is 3.69. The number of hydrogen-bond donors (Lipinski definition) is 3. The fourth-order valence-electron chi connectivity index (χ4n) is 2.79. The predicted octanol–water partition coefficient (Wildman–Crippen LogP) is 5.02. The lowest BCUT2D eigenvalue weighted by Crippen LogP contribution is -2.40. The van der Waals surface area contributed by atoms with Crippen LogP contribution in [-0.4, -0.2) is 27.6 Å². The molecular weight excluding hydrogens is 360 g/mol. The maximum Gasteiger partial charge on any atom is 0.207 e. The van der Waals surface area contributed by atoms with Gasteiger partial charge in [0.25, 0.3) is 0 Å². The number of benzene rings is 2. The Morgan fingerprint density at radius 2 is 1.72 bits per heavy atom. The van der Waals surface area contributed by atoms with Gasteiger partial charge in [0.2, 0.25) is 5.44 Å². The summed E-state index contributed by atoms with van der Waals surface area (Å²) in [7, 11) is -3.15. The van der Waals surface area contributed by atoms with Crippen LogP contribution < -0.4 is 14.4 Å². The summed E-state index contributed by atoms with van der Waals surface area (Å²) in [4.78, 5) is 0. The van der Waals surface area contributed by atoms with Gasteiger partial charge < -0.3 is 10.1 Å². The molecule has 0 saturated heterocycles. The molecule has 0 radical (unpaired) electrons. The summed E-state index contributed by atoms with van der Waals surface area (Å²) >= 11 is 0. The molecule has 0 saturated carbocycles. The first-order valence-corrected chi connectivity index (χ1v) is 9.80. The topological polar surface area (TPSA) is 65.0 Å². The van der Waals surface area contributed by atoms with E-state index in [2.05, 4.69) is 12.2 Å². The van der Waals surface area contributed by atoms with Crippen molar-refractivity contribution in [3.63, 3.8) is 0 Å². The standard InChI is InChI=1S/C18H24N2O3S.ClH/c1-2-13-19-14-12-18-23-17-11-7-6-10-16(17)20(24(18,21)22)15-8-4-3-5-9-15;/h3-11,18-19,21-22H,2,12-14H2,1H3;1H. The second kappa shape index (κ2) is 8.78. The van der Waals surface area contributed by atoms with Crippen LogP contribution >= 0.6 is 23.2 Å². The molecule has 3 N–H and O–H groups in total. The van der Waals surface area contributed by atoms with Crippen LogP contribution in [0.15, 0.2) is 54.6 Å². The van der Waals surface area contributed by atoms with Gasteiger partial charge in [-0.25, -0.2) is 4.31 Å². The van der Waals surface area contributed by atoms with Gasteiger partial charge in [-0.2, -0.15) is 0 Å². The molecule has 0 aliphatic carbocycles. The molecule has 0 spiro atoms. The van der Waals surface area contributed by atoms with Gasteiger partial charge in [0, 0.05) is 13.0 Å². The lowest BCUT2D eigenvalue weighted by Gasteiger charge is -2.51. The highest BCUT2D eigenvalue weighted by Gasteiger charge is 2.40. The zero-order chi connectivity index (χ0) is 17.0. The summed E-state index contributed by atoms with van der Waals surface area (Å²) < 4.78 is 29.5. The molecule has 138 valence electrons. The quantitative estimate of drug-likeness (QED) is 0.610. The number of para-hydroxylation sites is 3. The molecule has 7 heteroatoms. The highest BCUT2D eigenvalue weighted by molar-refractivity contribution is 8.26. The summed E-state index contributed by atoms with van der Waals surface area (Å²) in [5.74, 6) is 0.674. The molecule has 2 aromatic rings. The molecule has 0 amide bonds. The van der Waals surface area contributed by atoms with Crippen LogP contribution in [-0.2, 0) is 0 Å². The molecule has 1 aliphatic heterocycles. The molecule has 1 heterocycles. The predicted molar refractivity (Wildman–Crippen MR) is 107 cm³/mol. The third-order valence-corrected chi connectivity index (χ3v) is 5.92. The van der Waals surface area contributed by atoms with Crippen molar-refractivity contribution >= 4 is 34.6 Å². The first kappa shape index (κ1) is 19.9. The van der Waals surface area contributed by atoms with Gasteiger partial charge in [0.15, 0.2) is 0 Å². The van der Waals surface area contributed by atoms with Crippen molar-refractivity contribution in [1.29, 1.82) is 0 Å². The molecule has 1 atom stereocenters. The Kier molecular flexibility index (Phi) is 6.98. The van der Waals surface area contributed by atoms with Crippen LogP contribution in [0.4, 0.5) is 11.4 Å². The van der Waals surface area contributed by atoms with Gasteiger partial charge in [-0.05, 0) is 37.2 Å². The maximum atomic E-state index is 11.0. The number of rotatable bonds is 6. The minimum absolute atomic E-state index is 0. The molecule has 0 bridgehead atoms. The number of nitrogens with zero attached hydrogens (tertiary/aromatic N) is 1. The summed E-state index contributed by atoms with van der Waals surface area (Å²) in [6.07, 6.45) is 1.57. The van der Waals surface area contributed by atoms with Gasteiger partial charge in [-0.15, -0.1) is 12.4 Å². The van der Waals surface area contributed by atoms with Gasteiger partial charge in [0.1, 0.15) is 11.4 Å². The number of hydrogen-bond acceptors (Lipinski definition) is 5. The molecule has 1 aliphatic rings. The van der Waals surface area contributed by atoms with Crippen LogP contribution in [0.1, 0.15) is 19.8 Å². The molecular formula is C18H25ClN2O3S. The van der Waals surface area contributed by atoms with Crippen molar-refractivity contribution in [2.45, 2.75) is 25.2 Å². The average Bonchev–Trinajstić information content (AvgIpc) is 2.59. The van der Waals surface area contributed by atoms with E-state index >= 15 is 0 Å². The van der Waals surface area contributed by atoms with Gasteiger partial charge in [0.05, 0.1) is 5.69 Å². The second-order valence-corrected chi connectivity index (χ2v) is 7.76. The lowest BCUT2D eigenvalue weighted by atomic mass is 10.2. The zero-order valence-electron chi connectivity index (χ0n) is 14.2. The van der Waals surface area contributed by atoms with E-state index in [0.717, 1.165) is 18.7 Å².